The van der Waals surface area contributed by atoms with Gasteiger partial charge in [0.25, 0.3) is 5.91 Å². The Morgan fingerprint density at radius 2 is 1.65 bits per heavy atom. The highest BCUT2D eigenvalue weighted by Gasteiger charge is 2.24. The molecule has 9 heteroatoms. The van der Waals surface area contributed by atoms with Gasteiger partial charge in [-0.3, -0.25) is 9.10 Å². The second-order valence-corrected chi connectivity index (χ2v) is 10.5. The molecule has 0 bridgehead atoms. The van der Waals surface area contributed by atoms with Crippen molar-refractivity contribution in [3.8, 4) is 0 Å². The third-order valence-corrected chi connectivity index (χ3v) is 7.19. The Labute approximate surface area is 204 Å². The molecule has 0 atom stereocenters. The number of carbonyl (C=O) groups is 1. The molecular weight excluding hydrogens is 477 g/mol. The number of hydrogen-bond acceptors (Lipinski definition) is 4. The van der Waals surface area contributed by atoms with Crippen LogP contribution in [-0.2, 0) is 16.6 Å². The van der Waals surface area contributed by atoms with Gasteiger partial charge in [0.1, 0.15) is 5.82 Å². The molecule has 0 radical (unpaired) electrons. The second kappa shape index (κ2) is 10.0. The van der Waals surface area contributed by atoms with Gasteiger partial charge in [-0.1, -0.05) is 35.9 Å². The summed E-state index contributed by atoms with van der Waals surface area (Å²) in [6.07, 6.45) is 1.08. The van der Waals surface area contributed by atoms with Crippen LogP contribution in [0.15, 0.2) is 72.8 Å². The van der Waals surface area contributed by atoms with Gasteiger partial charge >= 0.3 is 0 Å². The van der Waals surface area contributed by atoms with E-state index in [0.717, 1.165) is 16.2 Å². The minimum atomic E-state index is -3.67. The molecule has 1 fully saturated rings. The number of amides is 1. The molecule has 0 aliphatic carbocycles. The predicted molar refractivity (Wildman–Crippen MR) is 133 cm³/mol. The fourth-order valence-electron chi connectivity index (χ4n) is 3.97. The van der Waals surface area contributed by atoms with E-state index in [4.69, 9.17) is 11.6 Å². The Hall–Kier alpha value is -3.10. The Bertz CT molecular complexity index is 1280. The Morgan fingerprint density at radius 1 is 0.971 bits per heavy atom. The van der Waals surface area contributed by atoms with Crippen molar-refractivity contribution < 1.29 is 17.6 Å². The summed E-state index contributed by atoms with van der Waals surface area (Å²) in [5.74, 6) is -0.586. The lowest BCUT2D eigenvalue weighted by atomic mass is 10.1. The summed E-state index contributed by atoms with van der Waals surface area (Å²) in [5, 5.41) is 0.675. The number of sulfonamides is 1. The molecule has 4 rings (SSSR count). The van der Waals surface area contributed by atoms with E-state index in [9.17, 15) is 17.6 Å². The zero-order chi connectivity index (χ0) is 24.3. The molecule has 34 heavy (non-hydrogen) atoms. The predicted octanol–water partition coefficient (Wildman–Crippen LogP) is 4.41. The molecule has 0 unspecified atom stereocenters. The summed E-state index contributed by atoms with van der Waals surface area (Å²) in [4.78, 5) is 17.0. The molecule has 0 N–H and O–H groups in total. The topological polar surface area (TPSA) is 60.9 Å². The van der Waals surface area contributed by atoms with Crippen LogP contribution in [0, 0.1) is 5.82 Å². The lowest BCUT2D eigenvalue weighted by Crippen LogP contribution is -2.48. The number of benzene rings is 3. The monoisotopic (exact) mass is 501 g/mol. The Balaban J connectivity index is 1.45. The summed E-state index contributed by atoms with van der Waals surface area (Å²) in [6.45, 7) is 2.37. The highest BCUT2D eigenvalue weighted by atomic mass is 35.5. The first-order valence-electron chi connectivity index (χ1n) is 10.8. The molecule has 1 heterocycles. The third-order valence-electron chi connectivity index (χ3n) is 5.81. The Kier molecular flexibility index (Phi) is 7.09. The van der Waals surface area contributed by atoms with E-state index < -0.39 is 15.8 Å². The minimum Gasteiger partial charge on any atom is -0.368 e. The molecule has 0 saturated carbocycles. The smallest absolute Gasteiger partial charge is 0.253 e. The summed E-state index contributed by atoms with van der Waals surface area (Å²) < 4.78 is 40.0. The zero-order valence-corrected chi connectivity index (χ0v) is 20.3. The van der Waals surface area contributed by atoms with Crippen molar-refractivity contribution in [2.45, 2.75) is 6.54 Å². The number of halogens is 2. The van der Waals surface area contributed by atoms with E-state index in [-0.39, 0.29) is 18.0 Å². The van der Waals surface area contributed by atoms with Gasteiger partial charge in [-0.2, -0.15) is 0 Å². The van der Waals surface area contributed by atoms with Crippen molar-refractivity contribution in [3.63, 3.8) is 0 Å². The fraction of sp³-hybridized carbons (Fsp3) is 0.240. The van der Waals surface area contributed by atoms with Crippen molar-refractivity contribution >= 4 is 38.9 Å². The van der Waals surface area contributed by atoms with Crippen LogP contribution in [0.25, 0.3) is 0 Å². The first kappa shape index (κ1) is 24.0. The molecule has 1 amide bonds. The average molecular weight is 502 g/mol. The summed E-state index contributed by atoms with van der Waals surface area (Å²) in [6, 6.07) is 20.1. The quantitative estimate of drug-likeness (QED) is 0.502. The first-order chi connectivity index (χ1) is 16.2. The van der Waals surface area contributed by atoms with Crippen LogP contribution in [0.4, 0.5) is 15.8 Å². The van der Waals surface area contributed by atoms with E-state index >= 15 is 0 Å². The van der Waals surface area contributed by atoms with Crippen molar-refractivity contribution in [2.75, 3.05) is 41.6 Å². The van der Waals surface area contributed by atoms with Crippen molar-refractivity contribution in [1.29, 1.82) is 0 Å². The van der Waals surface area contributed by atoms with E-state index in [0.29, 0.717) is 42.5 Å². The molecule has 0 aromatic heterocycles. The van der Waals surface area contributed by atoms with Gasteiger partial charge in [0.15, 0.2) is 0 Å². The highest BCUT2D eigenvalue weighted by Crippen LogP contribution is 2.24. The molecule has 3 aromatic carbocycles. The van der Waals surface area contributed by atoms with E-state index in [1.165, 1.54) is 6.07 Å². The average Bonchev–Trinajstić information content (AvgIpc) is 2.83. The van der Waals surface area contributed by atoms with E-state index in [1.807, 2.05) is 24.3 Å². The third kappa shape index (κ3) is 5.51. The van der Waals surface area contributed by atoms with Crippen molar-refractivity contribution in [2.24, 2.45) is 0 Å². The normalized spacial score (nSPS) is 14.2. The number of rotatable bonds is 6. The largest absolute Gasteiger partial charge is 0.368 e. The van der Waals surface area contributed by atoms with E-state index in [1.54, 1.807) is 47.4 Å². The molecule has 178 valence electrons. The van der Waals surface area contributed by atoms with Gasteiger partial charge in [0.2, 0.25) is 10.0 Å². The van der Waals surface area contributed by atoms with Crippen LogP contribution in [0.3, 0.4) is 0 Å². The number of anilines is 2. The van der Waals surface area contributed by atoms with Gasteiger partial charge in [0.05, 0.1) is 18.5 Å². The summed E-state index contributed by atoms with van der Waals surface area (Å²) >= 11 is 6.09. The van der Waals surface area contributed by atoms with Crippen LogP contribution in [0.2, 0.25) is 5.02 Å². The maximum absolute atomic E-state index is 14.1. The number of piperazine rings is 1. The van der Waals surface area contributed by atoms with Gasteiger partial charge in [-0.25, -0.2) is 12.8 Å². The van der Waals surface area contributed by atoms with Crippen LogP contribution in [0.1, 0.15) is 15.9 Å². The molecule has 0 spiro atoms. The van der Waals surface area contributed by atoms with Gasteiger partial charge in [-0.15, -0.1) is 0 Å². The van der Waals surface area contributed by atoms with Crippen molar-refractivity contribution in [3.05, 3.63) is 94.8 Å². The highest BCUT2D eigenvalue weighted by molar-refractivity contribution is 7.92. The van der Waals surface area contributed by atoms with Gasteiger partial charge in [-0.05, 0) is 48.5 Å². The molecule has 1 aliphatic rings. The molecule has 6 nitrogen and oxygen atoms in total. The standard InChI is InChI=1S/C25H25ClFN3O3S/c1-34(32,33)30(18-20-5-2-3-8-24(20)27)22-11-9-19(10-12-22)25(31)29-15-13-28(14-16-29)23-7-4-6-21(26)17-23/h2-12,17H,13-16,18H2,1H3. The maximum atomic E-state index is 14.1. The number of hydrogen-bond donors (Lipinski definition) is 0. The van der Waals surface area contributed by atoms with Crippen LogP contribution in [-0.4, -0.2) is 51.7 Å². The fourth-order valence-corrected chi connectivity index (χ4v) is 5.04. The minimum absolute atomic E-state index is 0.114. The van der Waals surface area contributed by atoms with Crippen molar-refractivity contribution in [1.82, 2.24) is 4.90 Å². The molecule has 1 saturated heterocycles. The zero-order valence-electron chi connectivity index (χ0n) is 18.7. The van der Waals surface area contributed by atoms with Crippen LogP contribution >= 0.6 is 11.6 Å². The van der Waals surface area contributed by atoms with Crippen LogP contribution in [0.5, 0.6) is 0 Å². The number of nitrogens with zero attached hydrogens (tertiary/aromatic N) is 3. The van der Waals surface area contributed by atoms with Gasteiger partial charge in [0, 0.05) is 48.0 Å². The summed E-state index contributed by atoms with van der Waals surface area (Å²) in [7, 11) is -3.67. The van der Waals surface area contributed by atoms with E-state index in [2.05, 4.69) is 4.90 Å². The Morgan fingerprint density at radius 3 is 2.26 bits per heavy atom. The molecular formula is C25H25ClFN3O3S. The van der Waals surface area contributed by atoms with Crippen LogP contribution < -0.4 is 9.21 Å². The maximum Gasteiger partial charge on any atom is 0.253 e. The van der Waals surface area contributed by atoms with Gasteiger partial charge < -0.3 is 9.80 Å². The molecule has 1 aliphatic heterocycles. The lowest BCUT2D eigenvalue weighted by molar-refractivity contribution is 0.0747. The SMILES string of the molecule is CS(=O)(=O)N(Cc1ccccc1F)c1ccc(C(=O)N2CCN(c3cccc(Cl)c3)CC2)cc1. The lowest BCUT2D eigenvalue weighted by Gasteiger charge is -2.36. The summed E-state index contributed by atoms with van der Waals surface area (Å²) in [5.41, 5.74) is 2.14. The number of carbonyl (C=O) groups excluding carboxylic acids is 1. The molecule has 3 aromatic rings. The first-order valence-corrected chi connectivity index (χ1v) is 13.1. The second-order valence-electron chi connectivity index (χ2n) is 8.17.